The third kappa shape index (κ3) is 1.70. The Morgan fingerprint density at radius 3 is 2.40 bits per heavy atom. The normalized spacial score (nSPS) is 10.9. The zero-order valence-corrected chi connectivity index (χ0v) is 9.54. The van der Waals surface area contributed by atoms with Crippen molar-refractivity contribution in [3.05, 3.63) is 42.0 Å². The van der Waals surface area contributed by atoms with Crippen molar-refractivity contribution in [3.63, 3.8) is 0 Å². The van der Waals surface area contributed by atoms with E-state index in [1.807, 2.05) is 7.05 Å². The van der Waals surface area contributed by atoms with E-state index in [9.17, 15) is 0 Å². The Labute approximate surface area is 91.1 Å². The van der Waals surface area contributed by atoms with Crippen LogP contribution in [0.4, 0.5) is 5.69 Å². The van der Waals surface area contributed by atoms with Crippen LogP contribution in [0.5, 0.6) is 0 Å². The zero-order chi connectivity index (χ0) is 10.8. The molecule has 78 valence electrons. The predicted molar refractivity (Wildman–Crippen MR) is 67.6 cm³/mol. The van der Waals surface area contributed by atoms with Crippen molar-refractivity contribution < 1.29 is 0 Å². The van der Waals surface area contributed by atoms with E-state index in [1.165, 1.54) is 22.0 Å². The highest BCUT2D eigenvalue weighted by molar-refractivity contribution is 5.95. The highest BCUT2D eigenvalue weighted by Gasteiger charge is 2.08. The molecule has 0 aromatic heterocycles. The molecule has 2 aromatic rings. The first-order chi connectivity index (χ1) is 7.24. The van der Waals surface area contributed by atoms with Crippen molar-refractivity contribution >= 4 is 16.5 Å². The molecule has 0 fully saturated rings. The first-order valence-electron chi connectivity index (χ1n) is 5.43. The average Bonchev–Trinajstić information content (AvgIpc) is 2.27. The lowest BCUT2D eigenvalue weighted by molar-refractivity contribution is 0.870. The molecule has 2 aromatic carbocycles. The number of rotatable bonds is 2. The molecule has 1 nitrogen and oxygen atoms in total. The second kappa shape index (κ2) is 3.93. The van der Waals surface area contributed by atoms with Crippen molar-refractivity contribution in [2.75, 3.05) is 12.4 Å². The highest BCUT2D eigenvalue weighted by atomic mass is 14.8. The summed E-state index contributed by atoms with van der Waals surface area (Å²) in [7, 11) is 1.99. The molecule has 0 saturated heterocycles. The molecule has 0 aliphatic rings. The van der Waals surface area contributed by atoms with Crippen molar-refractivity contribution in [3.8, 4) is 0 Å². The van der Waals surface area contributed by atoms with Gasteiger partial charge in [-0.3, -0.25) is 0 Å². The van der Waals surface area contributed by atoms with Crippen LogP contribution in [-0.2, 0) is 0 Å². The number of benzene rings is 2. The number of nitrogens with one attached hydrogen (secondary N) is 1. The van der Waals surface area contributed by atoms with E-state index in [0.29, 0.717) is 5.92 Å². The van der Waals surface area contributed by atoms with Crippen LogP contribution in [0, 0.1) is 0 Å². The zero-order valence-electron chi connectivity index (χ0n) is 9.54. The van der Waals surface area contributed by atoms with E-state index in [1.54, 1.807) is 0 Å². The number of hydrogen-bond acceptors (Lipinski definition) is 1. The molecule has 1 N–H and O–H groups in total. The smallest absolute Gasteiger partial charge is 0.0452 e. The van der Waals surface area contributed by atoms with Crippen LogP contribution >= 0.6 is 0 Å². The van der Waals surface area contributed by atoms with Gasteiger partial charge in [0.05, 0.1) is 0 Å². The van der Waals surface area contributed by atoms with Gasteiger partial charge in [0.15, 0.2) is 0 Å². The molecule has 0 amide bonds. The summed E-state index contributed by atoms with van der Waals surface area (Å²) in [5.41, 5.74) is 2.65. The lowest BCUT2D eigenvalue weighted by atomic mass is 9.96. The van der Waals surface area contributed by atoms with E-state index in [4.69, 9.17) is 0 Å². The molecule has 1 heteroatoms. The van der Waals surface area contributed by atoms with Gasteiger partial charge in [-0.05, 0) is 16.9 Å². The minimum Gasteiger partial charge on any atom is -0.387 e. The Kier molecular flexibility index (Phi) is 2.63. The summed E-state index contributed by atoms with van der Waals surface area (Å²) in [6.45, 7) is 4.45. The Morgan fingerprint density at radius 1 is 1.00 bits per heavy atom. The summed E-state index contributed by atoms with van der Waals surface area (Å²) < 4.78 is 0. The molecule has 0 spiro atoms. The lowest BCUT2D eigenvalue weighted by Gasteiger charge is -2.15. The van der Waals surface area contributed by atoms with E-state index >= 15 is 0 Å². The standard InChI is InChI=1S/C14H17N/c1-10(2)12-9-8-11-6-4-5-7-13(11)14(12)15-3/h4-10,15H,1-3H3. The summed E-state index contributed by atoms with van der Waals surface area (Å²) in [6, 6.07) is 12.9. The quantitative estimate of drug-likeness (QED) is 0.770. The van der Waals surface area contributed by atoms with Gasteiger partial charge in [0, 0.05) is 18.1 Å². The Morgan fingerprint density at radius 2 is 1.73 bits per heavy atom. The number of fused-ring (bicyclic) bond motifs is 1. The van der Waals surface area contributed by atoms with Crippen LogP contribution < -0.4 is 5.32 Å². The third-order valence-corrected chi connectivity index (χ3v) is 2.83. The van der Waals surface area contributed by atoms with Crippen molar-refractivity contribution in [2.24, 2.45) is 0 Å². The first kappa shape index (κ1) is 10.0. The largest absolute Gasteiger partial charge is 0.387 e. The molecule has 0 atom stereocenters. The Hall–Kier alpha value is -1.50. The van der Waals surface area contributed by atoms with Crippen molar-refractivity contribution in [2.45, 2.75) is 19.8 Å². The van der Waals surface area contributed by atoms with Gasteiger partial charge in [-0.15, -0.1) is 0 Å². The van der Waals surface area contributed by atoms with Crippen molar-refractivity contribution in [1.29, 1.82) is 0 Å². The monoisotopic (exact) mass is 199 g/mol. The fraction of sp³-hybridized carbons (Fsp3) is 0.286. The summed E-state index contributed by atoms with van der Waals surface area (Å²) in [4.78, 5) is 0. The maximum Gasteiger partial charge on any atom is 0.0452 e. The van der Waals surface area contributed by atoms with E-state index in [0.717, 1.165) is 0 Å². The molecule has 15 heavy (non-hydrogen) atoms. The van der Waals surface area contributed by atoms with Gasteiger partial charge >= 0.3 is 0 Å². The second-order valence-electron chi connectivity index (χ2n) is 4.16. The van der Waals surface area contributed by atoms with E-state index < -0.39 is 0 Å². The van der Waals surface area contributed by atoms with Crippen LogP contribution in [0.3, 0.4) is 0 Å². The average molecular weight is 199 g/mol. The lowest BCUT2D eigenvalue weighted by Crippen LogP contribution is -1.98. The Bertz CT molecular complexity index is 472. The SMILES string of the molecule is CNc1c(C(C)C)ccc2ccccc12. The molecule has 0 radical (unpaired) electrons. The van der Waals surface area contributed by atoms with Gasteiger partial charge in [-0.1, -0.05) is 50.2 Å². The first-order valence-corrected chi connectivity index (χ1v) is 5.43. The topological polar surface area (TPSA) is 12.0 Å². The van der Waals surface area contributed by atoms with Gasteiger partial charge in [0.25, 0.3) is 0 Å². The van der Waals surface area contributed by atoms with Gasteiger partial charge in [0.2, 0.25) is 0 Å². The molecular weight excluding hydrogens is 182 g/mol. The van der Waals surface area contributed by atoms with Gasteiger partial charge < -0.3 is 5.32 Å². The minimum absolute atomic E-state index is 0.553. The van der Waals surface area contributed by atoms with Gasteiger partial charge in [-0.2, -0.15) is 0 Å². The minimum atomic E-state index is 0.553. The molecule has 0 aliphatic carbocycles. The second-order valence-corrected chi connectivity index (χ2v) is 4.16. The molecule has 0 unspecified atom stereocenters. The summed E-state index contributed by atoms with van der Waals surface area (Å²) in [6.07, 6.45) is 0. The van der Waals surface area contributed by atoms with Gasteiger partial charge in [0.1, 0.15) is 0 Å². The fourth-order valence-corrected chi connectivity index (χ4v) is 2.05. The van der Waals surface area contributed by atoms with Crippen molar-refractivity contribution in [1.82, 2.24) is 0 Å². The molecule has 0 aliphatic heterocycles. The van der Waals surface area contributed by atoms with Crippen LogP contribution in [0.15, 0.2) is 36.4 Å². The molecule has 0 bridgehead atoms. The Balaban J connectivity index is 2.75. The van der Waals surface area contributed by atoms with E-state index in [-0.39, 0.29) is 0 Å². The third-order valence-electron chi connectivity index (χ3n) is 2.83. The van der Waals surface area contributed by atoms with Crippen LogP contribution in [0.2, 0.25) is 0 Å². The molecule has 2 rings (SSSR count). The van der Waals surface area contributed by atoms with Crippen LogP contribution in [-0.4, -0.2) is 7.05 Å². The summed E-state index contributed by atoms with van der Waals surface area (Å²) >= 11 is 0. The molecule has 0 saturated carbocycles. The fourth-order valence-electron chi connectivity index (χ4n) is 2.05. The van der Waals surface area contributed by atoms with Gasteiger partial charge in [-0.25, -0.2) is 0 Å². The van der Waals surface area contributed by atoms with Crippen LogP contribution in [0.25, 0.3) is 10.8 Å². The summed E-state index contributed by atoms with van der Waals surface area (Å²) in [5, 5.41) is 5.93. The highest BCUT2D eigenvalue weighted by Crippen LogP contribution is 2.31. The maximum absolute atomic E-state index is 3.32. The maximum atomic E-state index is 3.32. The molecule has 0 heterocycles. The number of anilines is 1. The van der Waals surface area contributed by atoms with E-state index in [2.05, 4.69) is 55.6 Å². The number of hydrogen-bond donors (Lipinski definition) is 1. The predicted octanol–water partition coefficient (Wildman–Crippen LogP) is 4.00. The molecular formula is C14H17N. The van der Waals surface area contributed by atoms with Crippen LogP contribution in [0.1, 0.15) is 25.3 Å². The summed E-state index contributed by atoms with van der Waals surface area (Å²) in [5.74, 6) is 0.553.